The van der Waals surface area contributed by atoms with Gasteiger partial charge in [-0.2, -0.15) is 0 Å². The number of carbonyl (C=O) groups excluding carboxylic acids is 4. The summed E-state index contributed by atoms with van der Waals surface area (Å²) in [4.78, 5) is 73.7. The van der Waals surface area contributed by atoms with Crippen molar-refractivity contribution in [3.63, 3.8) is 0 Å². The maximum absolute atomic E-state index is 14.5. The van der Waals surface area contributed by atoms with Crippen LogP contribution in [0.2, 0.25) is 0 Å². The maximum atomic E-state index is 14.5. The Morgan fingerprint density at radius 2 is 1.21 bits per heavy atom. The molecule has 0 spiro atoms. The number of imidazole rings is 2. The highest BCUT2D eigenvalue weighted by molar-refractivity contribution is 5.91. The van der Waals surface area contributed by atoms with E-state index in [4.69, 9.17) is 24.2 Å². The van der Waals surface area contributed by atoms with Crippen molar-refractivity contribution >= 4 is 34.8 Å². The molecule has 3 aromatic carbocycles. The maximum Gasteiger partial charge on any atom is 0.407 e. The van der Waals surface area contributed by atoms with Gasteiger partial charge in [0.2, 0.25) is 11.8 Å². The highest BCUT2D eigenvalue weighted by Crippen LogP contribution is 2.54. The molecule has 15 nitrogen and oxygen atoms in total. The molecule has 3 saturated heterocycles. The van der Waals surface area contributed by atoms with Crippen LogP contribution in [0.1, 0.15) is 97.4 Å². The average molecular weight is 899 g/mol. The zero-order valence-corrected chi connectivity index (χ0v) is 39.0. The molecule has 0 bridgehead atoms. The van der Waals surface area contributed by atoms with E-state index >= 15 is 0 Å². The van der Waals surface area contributed by atoms with Gasteiger partial charge in [-0.05, 0) is 116 Å². The Bertz CT molecular complexity index is 2600. The van der Waals surface area contributed by atoms with Gasteiger partial charge in [0.1, 0.15) is 23.7 Å². The number of hydrogen-bond donors (Lipinski definition) is 4. The van der Waals surface area contributed by atoms with Crippen LogP contribution in [0.5, 0.6) is 0 Å². The lowest BCUT2D eigenvalue weighted by Crippen LogP contribution is -2.55. The third-order valence-electron chi connectivity index (χ3n) is 14.6. The molecule has 15 heteroatoms. The molecule has 3 aliphatic heterocycles. The molecule has 5 heterocycles. The lowest BCUT2D eigenvalue weighted by molar-refractivity contribution is -0.140. The monoisotopic (exact) mass is 898 g/mol. The van der Waals surface area contributed by atoms with Gasteiger partial charge in [0.25, 0.3) is 0 Å². The molecule has 2 aromatic heterocycles. The molecule has 1 saturated carbocycles. The summed E-state index contributed by atoms with van der Waals surface area (Å²) < 4.78 is 15.8. The zero-order chi connectivity index (χ0) is 46.6. The number of H-pyrrole nitrogens is 2. The lowest BCUT2D eigenvalue weighted by Gasteiger charge is -2.38. The van der Waals surface area contributed by atoms with Crippen LogP contribution in [0.15, 0.2) is 73.1 Å². The molecule has 9 rings (SSSR count). The number of piperidine rings is 1. The van der Waals surface area contributed by atoms with Crippen molar-refractivity contribution < 1.29 is 33.4 Å². The first-order valence-corrected chi connectivity index (χ1v) is 23.4. The Morgan fingerprint density at radius 1 is 0.667 bits per heavy atom. The number of amides is 4. The van der Waals surface area contributed by atoms with Gasteiger partial charge in [-0.3, -0.25) is 9.59 Å². The smallest absolute Gasteiger partial charge is 0.407 e. The number of hydrogen-bond acceptors (Lipinski definition) is 9. The van der Waals surface area contributed by atoms with Gasteiger partial charge in [-0.25, -0.2) is 19.6 Å². The highest BCUT2D eigenvalue weighted by atomic mass is 16.5. The molecular formula is C51H62N8O7. The summed E-state index contributed by atoms with van der Waals surface area (Å²) in [5, 5.41) is 7.84. The van der Waals surface area contributed by atoms with Crippen LogP contribution in [0, 0.1) is 23.7 Å². The minimum atomic E-state index is -0.717. The van der Waals surface area contributed by atoms with Crippen molar-refractivity contribution in [1.82, 2.24) is 40.4 Å². The fourth-order valence-electron chi connectivity index (χ4n) is 10.9. The van der Waals surface area contributed by atoms with E-state index in [2.05, 4.69) is 95.1 Å². The van der Waals surface area contributed by atoms with Crippen LogP contribution in [0.3, 0.4) is 0 Å². The van der Waals surface area contributed by atoms with E-state index in [9.17, 15) is 19.2 Å². The molecule has 348 valence electrons. The van der Waals surface area contributed by atoms with Crippen molar-refractivity contribution in [3.05, 3.63) is 84.7 Å². The Balaban J connectivity index is 0.886. The van der Waals surface area contributed by atoms with Crippen LogP contribution in [0.4, 0.5) is 9.59 Å². The number of ether oxygens (including phenoxy) is 3. The molecule has 4 amide bonds. The molecule has 1 aliphatic carbocycles. The Morgan fingerprint density at radius 3 is 1.83 bits per heavy atom. The summed E-state index contributed by atoms with van der Waals surface area (Å²) in [6.45, 7) is 12.1. The standard InChI is InChI=1S/C51H62N8O7/c1-26(2)44(56-50(62)64-7)48(60)58-30(6)27(3)17-42(58)46-52-24-39(54-46)32-11-9-31(10-12-32)33-13-14-35-21-36(16-15-34(35)20-33)40-25-53-47(55-40)43-23-37-22-41(37)59(43)49(61)45(57-51(63)65-8)38-18-28(4)66-29(5)19-38/h9-16,20-21,24-30,37-38,41-45H,17-19,22-23H2,1-8H3,(H,52,54)(H,53,55)(H,56,62)(H,57,63)/t27-,28-,29+,30-,37-,38+,41-,42+,43+,44+,45?/m1/s1. The Labute approximate surface area is 385 Å². The summed E-state index contributed by atoms with van der Waals surface area (Å²) in [6, 6.07) is 19.4. The summed E-state index contributed by atoms with van der Waals surface area (Å²) >= 11 is 0. The number of benzene rings is 3. The minimum absolute atomic E-state index is 0.0123. The van der Waals surface area contributed by atoms with Crippen LogP contribution in [-0.2, 0) is 23.8 Å². The number of carbonyl (C=O) groups is 4. The lowest BCUT2D eigenvalue weighted by atomic mass is 9.85. The summed E-state index contributed by atoms with van der Waals surface area (Å²) in [6.07, 6.45) is 6.33. The molecule has 0 radical (unpaired) electrons. The van der Waals surface area contributed by atoms with E-state index in [1.165, 1.54) is 14.2 Å². The van der Waals surface area contributed by atoms with Gasteiger partial charge >= 0.3 is 12.2 Å². The first kappa shape index (κ1) is 45.0. The second-order valence-corrected chi connectivity index (χ2v) is 19.5. The molecule has 11 atom stereocenters. The van der Waals surface area contributed by atoms with Crippen LogP contribution < -0.4 is 10.6 Å². The third-order valence-corrected chi connectivity index (χ3v) is 14.6. The van der Waals surface area contributed by atoms with Gasteiger partial charge in [-0.1, -0.05) is 69.3 Å². The van der Waals surface area contributed by atoms with Crippen molar-refractivity contribution in [1.29, 1.82) is 0 Å². The van der Waals surface area contributed by atoms with Gasteiger partial charge in [0, 0.05) is 17.6 Å². The molecule has 5 aromatic rings. The first-order chi connectivity index (χ1) is 31.7. The second-order valence-electron chi connectivity index (χ2n) is 19.5. The van der Waals surface area contributed by atoms with E-state index in [0.29, 0.717) is 18.8 Å². The van der Waals surface area contributed by atoms with Gasteiger partial charge in [0.05, 0.1) is 62.3 Å². The van der Waals surface area contributed by atoms with E-state index in [1.807, 2.05) is 49.9 Å². The minimum Gasteiger partial charge on any atom is -0.453 e. The van der Waals surface area contributed by atoms with Gasteiger partial charge < -0.3 is 44.6 Å². The van der Waals surface area contributed by atoms with E-state index in [1.54, 1.807) is 0 Å². The number of methoxy groups -OCH3 is 2. The largest absolute Gasteiger partial charge is 0.453 e. The molecule has 66 heavy (non-hydrogen) atoms. The molecule has 4 fully saturated rings. The number of aromatic amines is 2. The topological polar surface area (TPSA) is 184 Å². The molecule has 4 aliphatic rings. The Hall–Kier alpha value is -6.22. The normalized spacial score (nSPS) is 26.8. The molecule has 1 unspecified atom stereocenters. The first-order valence-electron chi connectivity index (χ1n) is 23.4. The summed E-state index contributed by atoms with van der Waals surface area (Å²) in [7, 11) is 2.62. The van der Waals surface area contributed by atoms with Crippen molar-refractivity contribution in [2.45, 2.75) is 122 Å². The quantitative estimate of drug-likeness (QED) is 0.101. The van der Waals surface area contributed by atoms with Crippen molar-refractivity contribution in [2.24, 2.45) is 23.7 Å². The predicted octanol–water partition coefficient (Wildman–Crippen LogP) is 8.56. The summed E-state index contributed by atoms with van der Waals surface area (Å²) in [5.74, 6) is 1.73. The average Bonchev–Trinajstić information content (AvgIpc) is 3.74. The number of nitrogens with one attached hydrogen (secondary N) is 4. The number of rotatable bonds is 11. The fraction of sp³-hybridized carbons (Fsp3) is 0.490. The van der Waals surface area contributed by atoms with Crippen molar-refractivity contribution in [3.8, 4) is 33.6 Å². The number of aromatic nitrogens is 4. The van der Waals surface area contributed by atoms with E-state index in [0.717, 1.165) is 75.3 Å². The van der Waals surface area contributed by atoms with Gasteiger partial charge in [0.15, 0.2) is 0 Å². The van der Waals surface area contributed by atoms with Crippen LogP contribution >= 0.6 is 0 Å². The third kappa shape index (κ3) is 8.77. The van der Waals surface area contributed by atoms with Crippen LogP contribution in [-0.4, -0.2) is 104 Å². The zero-order valence-electron chi connectivity index (χ0n) is 39.0. The molecular weight excluding hydrogens is 837 g/mol. The van der Waals surface area contributed by atoms with Gasteiger partial charge in [-0.15, -0.1) is 0 Å². The van der Waals surface area contributed by atoms with Crippen LogP contribution in [0.25, 0.3) is 44.4 Å². The predicted molar refractivity (Wildman–Crippen MR) is 250 cm³/mol. The number of alkyl carbamates (subject to hydrolysis) is 2. The number of nitrogens with zero attached hydrogens (tertiary/aromatic N) is 4. The van der Waals surface area contributed by atoms with Crippen molar-refractivity contribution in [2.75, 3.05) is 14.2 Å². The van der Waals surface area contributed by atoms with E-state index < -0.39 is 24.3 Å². The highest BCUT2D eigenvalue weighted by Gasteiger charge is 2.57. The fourth-order valence-corrected chi connectivity index (χ4v) is 10.9. The molecule has 4 N–H and O–H groups in total. The summed E-state index contributed by atoms with van der Waals surface area (Å²) in [5.41, 5.74) is 5.89. The Kier molecular flexibility index (Phi) is 12.4. The van der Waals surface area contributed by atoms with E-state index in [-0.39, 0.29) is 65.9 Å². The number of fused-ring (bicyclic) bond motifs is 2. The SMILES string of the molecule is COC(=O)NC(C(=O)N1[C@@H]2C[C@@H]2C[C@H]1c1ncc(-c2ccc3cc(-c4ccc(-c5cnc([C@@H]6C[C@@H](C)[C@@H](C)N6C(=O)[C@@H](NC(=O)OC)C(C)C)[nH]5)cc4)ccc3c2)[nH]1)[C@H]1C[C@@H](C)O[C@@H](C)C1. The second kappa shape index (κ2) is 18.2. The number of likely N-dealkylation sites (tertiary alicyclic amines) is 2.